The van der Waals surface area contributed by atoms with E-state index in [9.17, 15) is 19.2 Å². The molecule has 3 fully saturated rings. The lowest BCUT2D eigenvalue weighted by molar-refractivity contribution is -0.395. The second kappa shape index (κ2) is 18.4. The van der Waals surface area contributed by atoms with Gasteiger partial charge in [-0.2, -0.15) is 0 Å². The van der Waals surface area contributed by atoms with Crippen LogP contribution in [0.2, 0.25) is 0 Å². The molecule has 0 aromatic heterocycles. The van der Waals surface area contributed by atoms with Crippen molar-refractivity contribution in [3.8, 4) is 0 Å². The first-order valence-corrected chi connectivity index (χ1v) is 16.4. The molecule has 17 nitrogen and oxygen atoms in total. The van der Waals surface area contributed by atoms with Gasteiger partial charge in [0, 0.05) is 26.5 Å². The summed E-state index contributed by atoms with van der Waals surface area (Å²) in [5, 5.41) is 0. The van der Waals surface area contributed by atoms with Gasteiger partial charge in [-0.15, -0.1) is 0 Å². The fourth-order valence-electron chi connectivity index (χ4n) is 6.00. The summed E-state index contributed by atoms with van der Waals surface area (Å²) in [7, 11) is 3.54. The summed E-state index contributed by atoms with van der Waals surface area (Å²) in [6.45, 7) is 1.92. The van der Waals surface area contributed by atoms with Crippen LogP contribution in [0.25, 0.3) is 0 Å². The van der Waals surface area contributed by atoms with E-state index >= 15 is 0 Å². The lowest BCUT2D eigenvalue weighted by Gasteiger charge is -2.51. The number of benzene rings is 2. The fourth-order valence-corrected chi connectivity index (χ4v) is 6.00. The van der Waals surface area contributed by atoms with Gasteiger partial charge in [-0.3, -0.25) is 9.59 Å². The molecule has 5 rings (SSSR count). The van der Waals surface area contributed by atoms with Crippen molar-refractivity contribution in [3.05, 3.63) is 71.8 Å². The van der Waals surface area contributed by atoms with Crippen LogP contribution < -0.4 is 0 Å². The molecule has 11 atom stereocenters. The normalized spacial score (nSPS) is 31.3. The zero-order chi connectivity index (χ0) is 37.2. The Hall–Kier alpha value is -4.36. The Labute approximate surface area is 299 Å². The number of esters is 2. The SMILES string of the molecule is COC(=O)O[C@@H]1[C@@H](OC(=O)OC)[C@H](O[C@@H]2[C@@H](OCc3ccccc3)[C@@H](OC)O[C@@H]3COC(c4ccccc4)O[C@@H]23)O[C@H](COC(C)=O)[C@H]1OC(C)=O. The fraction of sp³-hybridized carbons (Fsp3) is 0.543. The van der Waals surface area contributed by atoms with E-state index in [1.165, 1.54) is 7.11 Å². The highest BCUT2D eigenvalue weighted by molar-refractivity contribution is 5.67. The van der Waals surface area contributed by atoms with Gasteiger partial charge in [-0.1, -0.05) is 60.7 Å². The molecule has 0 N–H and O–H groups in total. The summed E-state index contributed by atoms with van der Waals surface area (Å²) in [4.78, 5) is 49.5. The Bertz CT molecular complexity index is 1470. The average molecular weight is 735 g/mol. The average Bonchev–Trinajstić information content (AvgIpc) is 3.15. The van der Waals surface area contributed by atoms with Gasteiger partial charge in [0.25, 0.3) is 0 Å². The summed E-state index contributed by atoms with van der Waals surface area (Å²) in [5.74, 6) is -1.50. The highest BCUT2D eigenvalue weighted by Crippen LogP contribution is 2.39. The third-order valence-corrected chi connectivity index (χ3v) is 8.31. The standard InChI is InChI=1S/C35H42O17/c1-19(36)43-17-23-25(46-20(2)37)28(51-34(38)41-4)30(52-35(39)42-5)33(48-23)50-27-26-24(18-45-31(49-26)22-14-10-7-11-15-22)47-32(40-3)29(27)44-16-21-12-8-6-9-13-21/h6-15,23-33H,16-18H2,1-5H3/t23-,24-,25-,26-,27+,28+,29-,30-,31?,32+,33+/m1/s1. The number of hydrogen-bond acceptors (Lipinski definition) is 17. The molecular formula is C35H42O17. The lowest BCUT2D eigenvalue weighted by atomic mass is 9.95. The summed E-state index contributed by atoms with van der Waals surface area (Å²) >= 11 is 0. The number of ether oxygens (including phenoxy) is 13. The monoisotopic (exact) mass is 734 g/mol. The first kappa shape index (κ1) is 38.9. The minimum atomic E-state index is -1.67. The number of hydrogen-bond donors (Lipinski definition) is 0. The summed E-state index contributed by atoms with van der Waals surface area (Å²) in [6.07, 6.45) is -15.9. The zero-order valence-electron chi connectivity index (χ0n) is 29.2. The van der Waals surface area contributed by atoms with Gasteiger partial charge in [0.2, 0.25) is 0 Å². The van der Waals surface area contributed by atoms with Crippen molar-refractivity contribution < 1.29 is 80.8 Å². The predicted molar refractivity (Wildman–Crippen MR) is 171 cm³/mol. The minimum Gasteiger partial charge on any atom is -0.463 e. The maximum atomic E-state index is 12.7. The molecular weight excluding hydrogens is 692 g/mol. The Balaban J connectivity index is 1.56. The van der Waals surface area contributed by atoms with Crippen LogP contribution in [-0.2, 0) is 77.8 Å². The molecule has 2 aromatic rings. The maximum absolute atomic E-state index is 12.7. The van der Waals surface area contributed by atoms with Crippen LogP contribution >= 0.6 is 0 Å². The van der Waals surface area contributed by atoms with E-state index in [0.29, 0.717) is 5.56 Å². The third kappa shape index (κ3) is 9.74. The first-order chi connectivity index (χ1) is 25.1. The molecule has 2 aromatic carbocycles. The molecule has 3 aliphatic rings. The van der Waals surface area contributed by atoms with Crippen LogP contribution in [0.3, 0.4) is 0 Å². The predicted octanol–water partition coefficient (Wildman–Crippen LogP) is 2.97. The van der Waals surface area contributed by atoms with Crippen molar-refractivity contribution in [2.24, 2.45) is 0 Å². The number of methoxy groups -OCH3 is 3. The summed E-state index contributed by atoms with van der Waals surface area (Å²) in [6, 6.07) is 18.5. The van der Waals surface area contributed by atoms with Crippen LogP contribution in [0.1, 0.15) is 31.3 Å². The van der Waals surface area contributed by atoms with Crippen molar-refractivity contribution in [1.29, 1.82) is 0 Å². The molecule has 1 unspecified atom stereocenters. The van der Waals surface area contributed by atoms with Crippen LogP contribution in [0.5, 0.6) is 0 Å². The van der Waals surface area contributed by atoms with Gasteiger partial charge in [0.15, 0.2) is 37.2 Å². The number of carbonyl (C=O) groups excluding carboxylic acids is 4. The second-order valence-corrected chi connectivity index (χ2v) is 11.8. The largest absolute Gasteiger partial charge is 0.508 e. The Kier molecular flexibility index (Phi) is 13.8. The van der Waals surface area contributed by atoms with Gasteiger partial charge in [-0.05, 0) is 5.56 Å². The topological polar surface area (TPSA) is 188 Å². The number of fused-ring (bicyclic) bond motifs is 1. The van der Waals surface area contributed by atoms with Gasteiger partial charge >= 0.3 is 24.2 Å². The van der Waals surface area contributed by atoms with Crippen LogP contribution in [0.4, 0.5) is 9.59 Å². The molecule has 17 heteroatoms. The van der Waals surface area contributed by atoms with Gasteiger partial charge in [0.05, 0.1) is 27.4 Å². The van der Waals surface area contributed by atoms with Gasteiger partial charge < -0.3 is 61.6 Å². The lowest BCUT2D eigenvalue weighted by Crippen LogP contribution is -2.67. The quantitative estimate of drug-likeness (QED) is 0.228. The van der Waals surface area contributed by atoms with E-state index in [0.717, 1.165) is 33.6 Å². The molecule has 52 heavy (non-hydrogen) atoms. The number of carbonyl (C=O) groups is 4. The van der Waals surface area contributed by atoms with E-state index in [4.69, 9.17) is 61.6 Å². The maximum Gasteiger partial charge on any atom is 0.508 e. The summed E-state index contributed by atoms with van der Waals surface area (Å²) < 4.78 is 75.2. The smallest absolute Gasteiger partial charge is 0.463 e. The summed E-state index contributed by atoms with van der Waals surface area (Å²) in [5.41, 5.74) is 1.54. The van der Waals surface area contributed by atoms with E-state index in [-0.39, 0.29) is 13.2 Å². The second-order valence-electron chi connectivity index (χ2n) is 11.8. The minimum absolute atomic E-state index is 0.0562. The van der Waals surface area contributed by atoms with E-state index < -0.39 is 98.6 Å². The molecule has 3 heterocycles. The highest BCUT2D eigenvalue weighted by Gasteiger charge is 2.58. The molecule has 284 valence electrons. The van der Waals surface area contributed by atoms with E-state index in [1.54, 1.807) is 0 Å². The van der Waals surface area contributed by atoms with Crippen LogP contribution in [0, 0.1) is 0 Å². The Morgan fingerprint density at radius 2 is 1.35 bits per heavy atom. The molecule has 3 saturated heterocycles. The van der Waals surface area contributed by atoms with Crippen molar-refractivity contribution in [3.63, 3.8) is 0 Å². The molecule has 0 spiro atoms. The zero-order valence-corrected chi connectivity index (χ0v) is 29.2. The first-order valence-electron chi connectivity index (χ1n) is 16.4. The van der Waals surface area contributed by atoms with Crippen molar-refractivity contribution >= 4 is 24.2 Å². The molecule has 0 aliphatic carbocycles. The van der Waals surface area contributed by atoms with Gasteiger partial charge in [0.1, 0.15) is 37.1 Å². The van der Waals surface area contributed by atoms with Crippen molar-refractivity contribution in [2.75, 3.05) is 34.5 Å². The third-order valence-electron chi connectivity index (χ3n) is 8.31. The van der Waals surface area contributed by atoms with Gasteiger partial charge in [-0.25, -0.2) is 9.59 Å². The number of rotatable bonds is 12. The molecule has 0 saturated carbocycles. The Morgan fingerprint density at radius 3 is 1.96 bits per heavy atom. The molecule has 0 radical (unpaired) electrons. The van der Waals surface area contributed by atoms with Crippen molar-refractivity contribution in [1.82, 2.24) is 0 Å². The molecule has 0 bridgehead atoms. The molecule has 3 aliphatic heterocycles. The van der Waals surface area contributed by atoms with Crippen LogP contribution in [0.15, 0.2) is 60.7 Å². The van der Waals surface area contributed by atoms with E-state index in [2.05, 4.69) is 0 Å². The van der Waals surface area contributed by atoms with Crippen molar-refractivity contribution in [2.45, 2.75) is 88.2 Å². The van der Waals surface area contributed by atoms with E-state index in [1.807, 2.05) is 60.7 Å². The van der Waals surface area contributed by atoms with Crippen LogP contribution in [-0.4, -0.2) is 120 Å². The Morgan fingerprint density at radius 1 is 0.692 bits per heavy atom. The molecule has 0 amide bonds. The highest BCUT2D eigenvalue weighted by atomic mass is 16.8.